The van der Waals surface area contributed by atoms with Gasteiger partial charge in [-0.3, -0.25) is 0 Å². The molecule has 2 nitrogen and oxygen atoms in total. The molecule has 1 rings (SSSR count). The number of rotatable bonds is 1. The van der Waals surface area contributed by atoms with Crippen LogP contribution in [0.3, 0.4) is 0 Å². The topological polar surface area (TPSA) is 36.2 Å². The Morgan fingerprint density at radius 1 is 1.30 bits per heavy atom. The Bertz CT molecular complexity index is 260. The third-order valence-corrected chi connectivity index (χ3v) is 1.86. The van der Waals surface area contributed by atoms with E-state index in [2.05, 4.69) is 5.11 Å². The van der Waals surface area contributed by atoms with Crippen LogP contribution in [-0.2, 0) is 0 Å². The Labute approximate surface area is 68.3 Å². The Balaban J connectivity index is 3.27. The van der Waals surface area contributed by atoms with Crippen molar-refractivity contribution < 1.29 is 0 Å². The van der Waals surface area contributed by atoms with Crippen LogP contribution < -0.4 is 0 Å². The van der Waals surface area contributed by atoms with Gasteiger partial charge in [0.15, 0.2) is 0 Å². The zero-order chi connectivity index (χ0) is 7.56. The molecule has 0 saturated carbocycles. The second-order valence-corrected chi connectivity index (χ2v) is 2.47. The molecule has 0 saturated heterocycles. The fraction of sp³-hybridized carbons (Fsp3) is 0. The molecule has 0 aliphatic rings. The zero-order valence-electron chi connectivity index (χ0n) is 4.94. The van der Waals surface area contributed by atoms with Gasteiger partial charge in [0.1, 0.15) is 5.69 Å². The second kappa shape index (κ2) is 2.99. The SMILES string of the molecule is N=Nc1cccc(Cl)c1Cl. The lowest BCUT2D eigenvalue weighted by Gasteiger charge is -1.95. The maximum atomic E-state index is 6.66. The average Bonchev–Trinajstić information content (AvgIpc) is 1.95. The van der Waals surface area contributed by atoms with Crippen LogP contribution >= 0.6 is 23.2 Å². The van der Waals surface area contributed by atoms with E-state index in [1.807, 2.05) is 0 Å². The first kappa shape index (κ1) is 7.51. The molecule has 52 valence electrons. The van der Waals surface area contributed by atoms with Crippen LogP contribution in [0.5, 0.6) is 0 Å². The zero-order valence-corrected chi connectivity index (χ0v) is 6.45. The minimum atomic E-state index is 0.333. The van der Waals surface area contributed by atoms with Gasteiger partial charge < -0.3 is 0 Å². The van der Waals surface area contributed by atoms with Crippen molar-refractivity contribution in [3.63, 3.8) is 0 Å². The number of hydrogen-bond acceptors (Lipinski definition) is 2. The molecule has 0 spiro atoms. The van der Waals surface area contributed by atoms with Gasteiger partial charge in [-0.15, -0.1) is 0 Å². The van der Waals surface area contributed by atoms with Gasteiger partial charge in [0.05, 0.1) is 10.0 Å². The Kier molecular flexibility index (Phi) is 2.25. The number of hydrogen-bond donors (Lipinski definition) is 1. The fourth-order valence-corrected chi connectivity index (χ4v) is 0.917. The van der Waals surface area contributed by atoms with E-state index < -0.39 is 0 Å². The van der Waals surface area contributed by atoms with E-state index in [4.69, 9.17) is 28.7 Å². The molecule has 4 heteroatoms. The van der Waals surface area contributed by atoms with Crippen molar-refractivity contribution in [3.05, 3.63) is 28.2 Å². The quantitative estimate of drug-likeness (QED) is 0.632. The molecule has 1 N–H and O–H groups in total. The molecule has 0 radical (unpaired) electrons. The van der Waals surface area contributed by atoms with Crippen LogP contribution in [-0.4, -0.2) is 0 Å². The molecule has 0 aliphatic carbocycles. The summed E-state index contributed by atoms with van der Waals surface area (Å²) < 4.78 is 0. The molecule has 0 fully saturated rings. The van der Waals surface area contributed by atoms with Crippen LogP contribution in [0.2, 0.25) is 10.0 Å². The molecule has 0 aromatic heterocycles. The minimum absolute atomic E-state index is 0.333. The van der Waals surface area contributed by atoms with Crippen molar-refractivity contribution in [1.29, 1.82) is 5.53 Å². The number of nitrogens with zero attached hydrogens (tertiary/aromatic N) is 1. The highest BCUT2D eigenvalue weighted by Crippen LogP contribution is 2.31. The largest absolute Gasteiger partial charge is 0.204 e. The Morgan fingerprint density at radius 3 is 2.50 bits per heavy atom. The van der Waals surface area contributed by atoms with E-state index in [1.165, 1.54) is 0 Å². The standard InChI is InChI=1S/C6H4Cl2N2/c7-4-2-1-3-5(10-9)6(4)8/h1-3,9H. The summed E-state index contributed by atoms with van der Waals surface area (Å²) >= 11 is 11.3. The first-order valence-corrected chi connectivity index (χ1v) is 3.33. The van der Waals surface area contributed by atoms with Crippen LogP contribution in [0, 0.1) is 5.53 Å². The first-order valence-electron chi connectivity index (χ1n) is 2.57. The lowest BCUT2D eigenvalue weighted by atomic mass is 10.3. The summed E-state index contributed by atoms with van der Waals surface area (Å²) in [6.45, 7) is 0. The summed E-state index contributed by atoms with van der Waals surface area (Å²) in [5, 5.41) is 3.92. The molecular formula is C6H4Cl2N2. The van der Waals surface area contributed by atoms with E-state index in [0.29, 0.717) is 15.7 Å². The predicted molar refractivity (Wildman–Crippen MR) is 41.3 cm³/mol. The van der Waals surface area contributed by atoms with E-state index in [0.717, 1.165) is 0 Å². The van der Waals surface area contributed by atoms with Gasteiger partial charge in [-0.25, -0.2) is 5.53 Å². The van der Waals surface area contributed by atoms with E-state index in [9.17, 15) is 0 Å². The van der Waals surface area contributed by atoms with Crippen LogP contribution in [0.4, 0.5) is 5.69 Å². The van der Waals surface area contributed by atoms with Crippen molar-refractivity contribution in [3.8, 4) is 0 Å². The van der Waals surface area contributed by atoms with Crippen molar-refractivity contribution in [2.24, 2.45) is 5.11 Å². The van der Waals surface area contributed by atoms with E-state index in [-0.39, 0.29) is 0 Å². The third-order valence-electron chi connectivity index (χ3n) is 1.05. The smallest absolute Gasteiger partial charge is 0.105 e. The van der Waals surface area contributed by atoms with E-state index in [1.54, 1.807) is 18.2 Å². The molecule has 0 bridgehead atoms. The van der Waals surface area contributed by atoms with Gasteiger partial charge in [0.2, 0.25) is 0 Å². The minimum Gasteiger partial charge on any atom is -0.204 e. The number of halogens is 2. The van der Waals surface area contributed by atoms with Gasteiger partial charge in [0.25, 0.3) is 0 Å². The van der Waals surface area contributed by atoms with Gasteiger partial charge in [-0.2, -0.15) is 5.11 Å². The summed E-state index contributed by atoms with van der Waals surface area (Å²) in [6, 6.07) is 4.97. The molecule has 0 aliphatic heterocycles. The van der Waals surface area contributed by atoms with Gasteiger partial charge >= 0.3 is 0 Å². The Hall–Kier alpha value is -0.600. The van der Waals surface area contributed by atoms with Crippen molar-refractivity contribution in [1.82, 2.24) is 0 Å². The molecule has 1 aromatic rings. The highest BCUT2D eigenvalue weighted by Gasteiger charge is 2.00. The average molecular weight is 175 g/mol. The monoisotopic (exact) mass is 174 g/mol. The Morgan fingerprint density at radius 2 is 2.00 bits per heavy atom. The molecule has 0 amide bonds. The third kappa shape index (κ3) is 1.28. The summed E-state index contributed by atoms with van der Waals surface area (Å²) in [6.07, 6.45) is 0. The normalized spacial score (nSPS) is 9.40. The lowest BCUT2D eigenvalue weighted by Crippen LogP contribution is -1.67. The molecular weight excluding hydrogens is 171 g/mol. The molecule has 0 unspecified atom stereocenters. The summed E-state index contributed by atoms with van der Waals surface area (Å²) in [4.78, 5) is 0. The highest BCUT2D eigenvalue weighted by atomic mass is 35.5. The van der Waals surface area contributed by atoms with Crippen molar-refractivity contribution in [2.45, 2.75) is 0 Å². The highest BCUT2D eigenvalue weighted by molar-refractivity contribution is 6.43. The van der Waals surface area contributed by atoms with Gasteiger partial charge in [0, 0.05) is 0 Å². The summed E-state index contributed by atoms with van der Waals surface area (Å²) in [5.74, 6) is 0. The fourth-order valence-electron chi connectivity index (χ4n) is 0.579. The molecule has 0 heterocycles. The van der Waals surface area contributed by atoms with Crippen molar-refractivity contribution in [2.75, 3.05) is 0 Å². The summed E-state index contributed by atoms with van der Waals surface area (Å²) in [5.41, 5.74) is 7.06. The summed E-state index contributed by atoms with van der Waals surface area (Å²) in [7, 11) is 0. The molecule has 0 atom stereocenters. The molecule has 1 aromatic carbocycles. The maximum Gasteiger partial charge on any atom is 0.105 e. The van der Waals surface area contributed by atoms with Crippen LogP contribution in [0.1, 0.15) is 0 Å². The van der Waals surface area contributed by atoms with Crippen LogP contribution in [0.25, 0.3) is 0 Å². The van der Waals surface area contributed by atoms with E-state index >= 15 is 0 Å². The van der Waals surface area contributed by atoms with Gasteiger partial charge in [-0.1, -0.05) is 29.3 Å². The lowest BCUT2D eigenvalue weighted by molar-refractivity contribution is 1.15. The van der Waals surface area contributed by atoms with Gasteiger partial charge in [-0.05, 0) is 12.1 Å². The predicted octanol–water partition coefficient (Wildman–Crippen LogP) is 3.66. The second-order valence-electron chi connectivity index (χ2n) is 1.68. The van der Waals surface area contributed by atoms with Crippen molar-refractivity contribution >= 4 is 28.9 Å². The number of nitrogens with one attached hydrogen (secondary N) is 1. The molecule has 10 heavy (non-hydrogen) atoms. The maximum absolute atomic E-state index is 6.66. The van der Waals surface area contributed by atoms with Crippen LogP contribution in [0.15, 0.2) is 23.3 Å². The first-order chi connectivity index (χ1) is 4.75. The number of benzene rings is 1.